The molecule has 0 aromatic carbocycles. The van der Waals surface area contributed by atoms with Crippen molar-refractivity contribution in [1.82, 2.24) is 5.32 Å². The zero-order valence-electron chi connectivity index (χ0n) is 12.2. The van der Waals surface area contributed by atoms with Crippen molar-refractivity contribution in [3.63, 3.8) is 0 Å². The predicted octanol–water partition coefficient (Wildman–Crippen LogP) is 1.43. The maximum atomic E-state index is 12.6. The van der Waals surface area contributed by atoms with Gasteiger partial charge in [-0.25, -0.2) is 0 Å². The average Bonchev–Trinajstić information content (AvgIpc) is 3.16. The highest BCUT2D eigenvalue weighted by Gasteiger charge is 2.70. The van der Waals surface area contributed by atoms with Crippen LogP contribution in [0, 0.1) is 17.3 Å². The summed E-state index contributed by atoms with van der Waals surface area (Å²) in [5.41, 5.74) is 5.53. The second-order valence-corrected chi connectivity index (χ2v) is 7.11. The van der Waals surface area contributed by atoms with Gasteiger partial charge in [-0.15, -0.1) is 0 Å². The van der Waals surface area contributed by atoms with Gasteiger partial charge in [0.2, 0.25) is 5.91 Å². The molecule has 5 atom stereocenters. The standard InChI is InChI=1S/C15H26N2O2/c1-4-9-8-11(9)17-13(18)15(16)10-6-5-7-19-12(10)14(15,2)3/h9-12H,4-8,16H2,1-3H3,(H,17,18). The van der Waals surface area contributed by atoms with Gasteiger partial charge in [0.25, 0.3) is 0 Å². The summed E-state index contributed by atoms with van der Waals surface area (Å²) in [4.78, 5) is 12.6. The molecule has 2 aliphatic carbocycles. The lowest BCUT2D eigenvalue weighted by atomic mass is 9.46. The quantitative estimate of drug-likeness (QED) is 0.812. The van der Waals surface area contributed by atoms with E-state index in [9.17, 15) is 4.79 Å². The maximum Gasteiger partial charge on any atom is 0.241 e. The van der Waals surface area contributed by atoms with Gasteiger partial charge in [-0.3, -0.25) is 4.79 Å². The van der Waals surface area contributed by atoms with Crippen LogP contribution < -0.4 is 11.1 Å². The molecule has 108 valence electrons. The van der Waals surface area contributed by atoms with E-state index in [1.54, 1.807) is 0 Å². The lowest BCUT2D eigenvalue weighted by Gasteiger charge is -2.65. The van der Waals surface area contributed by atoms with Gasteiger partial charge < -0.3 is 15.8 Å². The lowest BCUT2D eigenvalue weighted by Crippen LogP contribution is -2.82. The summed E-state index contributed by atoms with van der Waals surface area (Å²) in [6, 6.07) is 0.359. The smallest absolute Gasteiger partial charge is 0.241 e. The molecule has 19 heavy (non-hydrogen) atoms. The SMILES string of the molecule is CCC1CC1NC(=O)C1(N)C2CCCOC2C1(C)C. The van der Waals surface area contributed by atoms with Crippen LogP contribution in [0.15, 0.2) is 0 Å². The number of amides is 1. The van der Waals surface area contributed by atoms with Crippen molar-refractivity contribution >= 4 is 5.91 Å². The largest absolute Gasteiger partial charge is 0.377 e. The van der Waals surface area contributed by atoms with Crippen molar-refractivity contribution in [3.8, 4) is 0 Å². The molecule has 1 saturated heterocycles. The van der Waals surface area contributed by atoms with Gasteiger partial charge in [0.15, 0.2) is 0 Å². The maximum absolute atomic E-state index is 12.6. The van der Waals surface area contributed by atoms with Gasteiger partial charge in [-0.2, -0.15) is 0 Å². The Balaban J connectivity index is 1.72. The van der Waals surface area contributed by atoms with Gasteiger partial charge in [-0.1, -0.05) is 27.2 Å². The van der Waals surface area contributed by atoms with Crippen LogP contribution in [0.3, 0.4) is 0 Å². The Morgan fingerprint density at radius 2 is 2.21 bits per heavy atom. The van der Waals surface area contributed by atoms with E-state index in [0.29, 0.717) is 12.0 Å². The first-order valence-corrected chi connectivity index (χ1v) is 7.64. The lowest BCUT2D eigenvalue weighted by molar-refractivity contribution is -0.225. The fourth-order valence-electron chi connectivity index (χ4n) is 4.20. The molecule has 0 spiro atoms. The third-order valence-electron chi connectivity index (χ3n) is 5.82. The molecule has 3 fully saturated rings. The molecule has 0 bridgehead atoms. The van der Waals surface area contributed by atoms with Crippen LogP contribution in [-0.2, 0) is 9.53 Å². The van der Waals surface area contributed by atoms with E-state index < -0.39 is 5.54 Å². The van der Waals surface area contributed by atoms with Crippen molar-refractivity contribution in [2.45, 2.75) is 64.1 Å². The van der Waals surface area contributed by atoms with E-state index in [-0.39, 0.29) is 23.3 Å². The zero-order valence-corrected chi connectivity index (χ0v) is 12.2. The molecular weight excluding hydrogens is 240 g/mol. The Morgan fingerprint density at radius 3 is 2.84 bits per heavy atom. The van der Waals surface area contributed by atoms with Crippen LogP contribution in [0.1, 0.15) is 46.5 Å². The molecule has 0 aromatic heterocycles. The fraction of sp³-hybridized carbons (Fsp3) is 0.933. The van der Waals surface area contributed by atoms with E-state index in [1.165, 1.54) is 0 Å². The Bertz CT molecular complexity index is 396. The zero-order chi connectivity index (χ0) is 13.8. The molecule has 0 radical (unpaired) electrons. The Kier molecular flexibility index (Phi) is 2.95. The number of rotatable bonds is 3. The van der Waals surface area contributed by atoms with Gasteiger partial charge in [0.1, 0.15) is 5.54 Å². The van der Waals surface area contributed by atoms with Crippen LogP contribution in [0.5, 0.6) is 0 Å². The summed E-state index contributed by atoms with van der Waals surface area (Å²) in [6.45, 7) is 7.13. The molecule has 3 rings (SSSR count). The number of hydrogen-bond donors (Lipinski definition) is 2. The molecule has 3 N–H and O–H groups in total. The Labute approximate surface area is 115 Å². The van der Waals surface area contributed by atoms with Crippen molar-refractivity contribution in [3.05, 3.63) is 0 Å². The van der Waals surface area contributed by atoms with Crippen molar-refractivity contribution < 1.29 is 9.53 Å². The molecule has 4 heteroatoms. The molecule has 3 aliphatic rings. The van der Waals surface area contributed by atoms with E-state index >= 15 is 0 Å². The number of carbonyl (C=O) groups is 1. The minimum Gasteiger partial charge on any atom is -0.377 e. The van der Waals surface area contributed by atoms with Crippen LogP contribution in [-0.4, -0.2) is 30.2 Å². The predicted molar refractivity (Wildman–Crippen MR) is 73.5 cm³/mol. The van der Waals surface area contributed by atoms with E-state index in [0.717, 1.165) is 32.3 Å². The summed E-state index contributed by atoms with van der Waals surface area (Å²) < 4.78 is 5.84. The second-order valence-electron chi connectivity index (χ2n) is 7.11. The number of nitrogens with one attached hydrogen (secondary N) is 1. The first-order chi connectivity index (χ1) is 8.92. The van der Waals surface area contributed by atoms with Crippen LogP contribution in [0.4, 0.5) is 0 Å². The summed E-state index contributed by atoms with van der Waals surface area (Å²) in [7, 11) is 0. The molecular formula is C15H26N2O2. The first kappa shape index (κ1) is 13.4. The minimum atomic E-state index is -0.751. The Morgan fingerprint density at radius 1 is 1.47 bits per heavy atom. The fourth-order valence-corrected chi connectivity index (χ4v) is 4.20. The molecule has 1 heterocycles. The van der Waals surface area contributed by atoms with Crippen LogP contribution in [0.2, 0.25) is 0 Å². The topological polar surface area (TPSA) is 64.4 Å². The van der Waals surface area contributed by atoms with Gasteiger partial charge in [-0.05, 0) is 25.2 Å². The highest BCUT2D eigenvalue weighted by Crippen LogP contribution is 2.57. The van der Waals surface area contributed by atoms with Gasteiger partial charge in [0, 0.05) is 24.0 Å². The van der Waals surface area contributed by atoms with Gasteiger partial charge in [0.05, 0.1) is 6.10 Å². The van der Waals surface area contributed by atoms with E-state index in [2.05, 4.69) is 26.1 Å². The highest BCUT2D eigenvalue weighted by molar-refractivity contribution is 5.90. The molecule has 4 nitrogen and oxygen atoms in total. The Hall–Kier alpha value is -0.610. The third kappa shape index (κ3) is 1.69. The summed E-state index contributed by atoms with van der Waals surface area (Å²) in [6.07, 6.45) is 4.44. The van der Waals surface area contributed by atoms with Crippen molar-refractivity contribution in [1.29, 1.82) is 0 Å². The van der Waals surface area contributed by atoms with E-state index in [4.69, 9.17) is 10.5 Å². The van der Waals surface area contributed by atoms with Gasteiger partial charge >= 0.3 is 0 Å². The summed E-state index contributed by atoms with van der Waals surface area (Å²) in [5, 5.41) is 3.17. The monoisotopic (exact) mass is 266 g/mol. The number of nitrogens with two attached hydrogens (primary N) is 1. The third-order valence-corrected chi connectivity index (χ3v) is 5.82. The van der Waals surface area contributed by atoms with Crippen molar-refractivity contribution in [2.24, 2.45) is 23.0 Å². The number of carbonyl (C=O) groups excluding carboxylic acids is 1. The number of ether oxygens (including phenoxy) is 1. The molecule has 2 saturated carbocycles. The summed E-state index contributed by atoms with van der Waals surface area (Å²) in [5.74, 6) is 0.898. The molecule has 1 amide bonds. The van der Waals surface area contributed by atoms with Crippen LogP contribution in [0.25, 0.3) is 0 Å². The summed E-state index contributed by atoms with van der Waals surface area (Å²) >= 11 is 0. The van der Waals surface area contributed by atoms with E-state index in [1.807, 2.05) is 0 Å². The molecule has 1 aliphatic heterocycles. The highest BCUT2D eigenvalue weighted by atomic mass is 16.5. The number of hydrogen-bond acceptors (Lipinski definition) is 3. The minimum absolute atomic E-state index is 0.0465. The molecule has 0 aromatic rings. The normalized spacial score (nSPS) is 46.9. The first-order valence-electron chi connectivity index (χ1n) is 7.64. The average molecular weight is 266 g/mol. The number of fused-ring (bicyclic) bond motifs is 1. The van der Waals surface area contributed by atoms with Crippen molar-refractivity contribution in [2.75, 3.05) is 6.61 Å². The molecule has 5 unspecified atom stereocenters. The second kappa shape index (κ2) is 4.19. The van der Waals surface area contributed by atoms with Crippen LogP contribution >= 0.6 is 0 Å².